The smallest absolute Gasteiger partial charge is 0.213 e. The Hall–Kier alpha value is -1.25. The van der Waals surface area contributed by atoms with Crippen molar-refractivity contribution in [1.82, 2.24) is 14.9 Å². The highest BCUT2D eigenvalue weighted by molar-refractivity contribution is 8.00. The average molecular weight is 439 g/mol. The first-order valence-electron chi connectivity index (χ1n) is 10.7. The minimum Gasteiger partial charge on any atom is -0.355 e. The predicted octanol–water partition coefficient (Wildman–Crippen LogP) is 3.07. The maximum atomic E-state index is 12.0. The first-order valence-corrected chi connectivity index (χ1v) is 13.1. The molecule has 3 rings (SSSR count). The van der Waals surface area contributed by atoms with Crippen molar-refractivity contribution in [1.29, 1.82) is 0 Å². The van der Waals surface area contributed by atoms with Crippen LogP contribution in [0.4, 0.5) is 0 Å². The largest absolute Gasteiger partial charge is 0.355 e. The van der Waals surface area contributed by atoms with E-state index in [9.17, 15) is 8.42 Å². The molecule has 0 unspecified atom stereocenters. The van der Waals surface area contributed by atoms with Gasteiger partial charge in [-0.3, -0.25) is 4.99 Å². The molecular weight excluding hydrogens is 404 g/mol. The Kier molecular flexibility index (Phi) is 7.87. The van der Waals surface area contributed by atoms with Gasteiger partial charge in [0.15, 0.2) is 5.96 Å². The zero-order valence-corrected chi connectivity index (χ0v) is 19.2. The molecule has 1 aromatic rings. The van der Waals surface area contributed by atoms with Crippen LogP contribution in [0.15, 0.2) is 40.2 Å². The molecule has 1 saturated carbocycles. The normalized spacial score (nSPS) is 21.2. The van der Waals surface area contributed by atoms with E-state index >= 15 is 0 Å². The topological polar surface area (TPSA) is 73.8 Å². The fourth-order valence-electron chi connectivity index (χ4n) is 4.17. The van der Waals surface area contributed by atoms with Gasteiger partial charge in [-0.1, -0.05) is 31.0 Å². The number of aliphatic imine (C=N–C) groups is 1. The number of hydrogen-bond donors (Lipinski definition) is 2. The third-order valence-electron chi connectivity index (χ3n) is 5.95. The summed E-state index contributed by atoms with van der Waals surface area (Å²) in [6, 6.07) is 10.9. The molecule has 1 aromatic carbocycles. The number of hydrogen-bond acceptors (Lipinski definition) is 4. The molecule has 0 radical (unpaired) electrons. The van der Waals surface area contributed by atoms with E-state index in [0.717, 1.165) is 25.3 Å². The van der Waals surface area contributed by atoms with Crippen molar-refractivity contribution in [2.45, 2.75) is 61.1 Å². The van der Waals surface area contributed by atoms with E-state index in [2.05, 4.69) is 46.0 Å². The first-order chi connectivity index (χ1) is 14.0. The summed E-state index contributed by atoms with van der Waals surface area (Å²) >= 11 is 1.98. The molecule has 0 spiro atoms. The van der Waals surface area contributed by atoms with Gasteiger partial charge in [0.05, 0.1) is 5.75 Å². The van der Waals surface area contributed by atoms with Crippen molar-refractivity contribution in [2.75, 3.05) is 32.4 Å². The third-order valence-corrected chi connectivity index (χ3v) is 9.32. The van der Waals surface area contributed by atoms with Crippen molar-refractivity contribution in [2.24, 2.45) is 4.99 Å². The number of nitrogens with zero attached hydrogens (tertiary/aromatic N) is 2. The van der Waals surface area contributed by atoms with E-state index in [1.165, 1.54) is 30.6 Å². The summed E-state index contributed by atoms with van der Waals surface area (Å²) in [4.78, 5) is 5.74. The molecule has 1 heterocycles. The van der Waals surface area contributed by atoms with Crippen LogP contribution in [0.3, 0.4) is 0 Å². The highest BCUT2D eigenvalue weighted by atomic mass is 32.2. The van der Waals surface area contributed by atoms with Crippen molar-refractivity contribution in [3.8, 4) is 0 Å². The molecule has 1 aliphatic heterocycles. The van der Waals surface area contributed by atoms with Crippen LogP contribution in [-0.2, 0) is 10.0 Å². The Bertz CT molecular complexity index is 769. The van der Waals surface area contributed by atoms with E-state index in [1.54, 1.807) is 18.3 Å². The predicted molar refractivity (Wildman–Crippen MR) is 122 cm³/mol. The van der Waals surface area contributed by atoms with Crippen LogP contribution in [0.1, 0.15) is 45.4 Å². The van der Waals surface area contributed by atoms with Crippen LogP contribution in [0.25, 0.3) is 0 Å². The molecule has 0 atom stereocenters. The standard InChI is InChI=1S/C21H34N4O2S2/c1-3-29(26,27)25-15-11-18(12-16-25)24-20(22-2)23-17-21(13-7-8-14-21)28-19-9-5-4-6-10-19/h4-6,9-10,18H,3,7-8,11-17H2,1-2H3,(H2,22,23,24). The van der Waals surface area contributed by atoms with Crippen LogP contribution in [0, 0.1) is 0 Å². The summed E-state index contributed by atoms with van der Waals surface area (Å²) in [5.74, 6) is 0.997. The summed E-state index contributed by atoms with van der Waals surface area (Å²) in [7, 11) is -1.28. The summed E-state index contributed by atoms with van der Waals surface area (Å²) in [6.45, 7) is 3.75. The van der Waals surface area contributed by atoms with Crippen LogP contribution < -0.4 is 10.6 Å². The molecule has 2 fully saturated rings. The van der Waals surface area contributed by atoms with E-state index in [1.807, 2.05) is 11.8 Å². The molecule has 0 amide bonds. The maximum Gasteiger partial charge on any atom is 0.213 e. The number of sulfonamides is 1. The molecule has 1 aliphatic carbocycles. The fourth-order valence-corrected chi connectivity index (χ4v) is 6.73. The second-order valence-electron chi connectivity index (χ2n) is 7.95. The third kappa shape index (κ3) is 6.12. The lowest BCUT2D eigenvalue weighted by Gasteiger charge is -2.33. The quantitative estimate of drug-likeness (QED) is 0.506. The fraction of sp³-hybridized carbons (Fsp3) is 0.667. The van der Waals surface area contributed by atoms with Gasteiger partial charge in [0, 0.05) is 42.4 Å². The second-order valence-corrected chi connectivity index (χ2v) is 11.7. The van der Waals surface area contributed by atoms with Gasteiger partial charge in [-0.05, 0) is 44.7 Å². The summed E-state index contributed by atoms with van der Waals surface area (Å²) < 4.78 is 25.9. The van der Waals surface area contributed by atoms with E-state index in [0.29, 0.717) is 13.1 Å². The number of guanidine groups is 1. The van der Waals surface area contributed by atoms with Crippen LogP contribution in [0.2, 0.25) is 0 Å². The molecule has 0 bridgehead atoms. The van der Waals surface area contributed by atoms with E-state index in [4.69, 9.17) is 0 Å². The maximum absolute atomic E-state index is 12.0. The molecule has 1 saturated heterocycles. The van der Waals surface area contributed by atoms with Gasteiger partial charge in [-0.25, -0.2) is 12.7 Å². The molecule has 2 aliphatic rings. The lowest BCUT2D eigenvalue weighted by atomic mass is 10.1. The van der Waals surface area contributed by atoms with Gasteiger partial charge in [-0.2, -0.15) is 0 Å². The van der Waals surface area contributed by atoms with Gasteiger partial charge in [0.2, 0.25) is 10.0 Å². The highest BCUT2D eigenvalue weighted by Gasteiger charge is 2.35. The molecular formula is C21H34N4O2S2. The highest BCUT2D eigenvalue weighted by Crippen LogP contribution is 2.44. The van der Waals surface area contributed by atoms with Gasteiger partial charge in [0.25, 0.3) is 0 Å². The monoisotopic (exact) mass is 438 g/mol. The number of benzene rings is 1. The zero-order valence-electron chi connectivity index (χ0n) is 17.6. The lowest BCUT2D eigenvalue weighted by Crippen LogP contribution is -2.51. The Labute approximate surface area is 180 Å². The SMILES string of the molecule is CCS(=O)(=O)N1CCC(NC(=NC)NCC2(Sc3ccccc3)CCCC2)CC1. The number of thioether (sulfide) groups is 1. The van der Waals surface area contributed by atoms with Gasteiger partial charge in [-0.15, -0.1) is 11.8 Å². The average Bonchev–Trinajstić information content (AvgIpc) is 3.20. The number of piperidine rings is 1. The molecule has 0 aromatic heterocycles. The van der Waals surface area contributed by atoms with E-state index < -0.39 is 10.0 Å². The van der Waals surface area contributed by atoms with Gasteiger partial charge in [0.1, 0.15) is 0 Å². The Morgan fingerprint density at radius 3 is 2.45 bits per heavy atom. The van der Waals surface area contributed by atoms with Crippen molar-refractivity contribution in [3.05, 3.63) is 30.3 Å². The van der Waals surface area contributed by atoms with Gasteiger partial charge < -0.3 is 10.6 Å². The minimum atomic E-state index is -3.08. The Morgan fingerprint density at radius 1 is 1.21 bits per heavy atom. The van der Waals surface area contributed by atoms with E-state index in [-0.39, 0.29) is 16.5 Å². The Balaban J connectivity index is 1.52. The Morgan fingerprint density at radius 2 is 1.86 bits per heavy atom. The van der Waals surface area contributed by atoms with Gasteiger partial charge >= 0.3 is 0 Å². The van der Waals surface area contributed by atoms with Crippen molar-refractivity contribution >= 4 is 27.7 Å². The molecule has 2 N–H and O–H groups in total. The summed E-state index contributed by atoms with van der Waals surface area (Å²) in [5, 5.41) is 7.07. The summed E-state index contributed by atoms with van der Waals surface area (Å²) in [6.07, 6.45) is 6.59. The second kappa shape index (κ2) is 10.2. The van der Waals surface area contributed by atoms with Crippen molar-refractivity contribution < 1.29 is 8.42 Å². The van der Waals surface area contributed by atoms with Crippen LogP contribution in [0.5, 0.6) is 0 Å². The molecule has 29 heavy (non-hydrogen) atoms. The summed E-state index contributed by atoms with van der Waals surface area (Å²) in [5.41, 5.74) is 0. The first kappa shape index (κ1) is 22.4. The molecule has 162 valence electrons. The van der Waals surface area contributed by atoms with Crippen LogP contribution in [-0.4, -0.2) is 61.9 Å². The zero-order chi connectivity index (χ0) is 20.7. The lowest BCUT2D eigenvalue weighted by molar-refractivity contribution is 0.306. The number of nitrogens with one attached hydrogen (secondary N) is 2. The molecule has 8 heteroatoms. The number of rotatable bonds is 7. The van der Waals surface area contributed by atoms with Crippen LogP contribution >= 0.6 is 11.8 Å². The molecule has 6 nitrogen and oxygen atoms in total. The minimum absolute atomic E-state index is 0.176. The van der Waals surface area contributed by atoms with Crippen molar-refractivity contribution in [3.63, 3.8) is 0 Å².